The molecular formula is C28H30N6O5S. The highest BCUT2D eigenvalue weighted by atomic mass is 32.2. The van der Waals surface area contributed by atoms with Crippen molar-refractivity contribution in [2.75, 3.05) is 44.7 Å². The van der Waals surface area contributed by atoms with Crippen LogP contribution in [-0.4, -0.2) is 67.4 Å². The van der Waals surface area contributed by atoms with Crippen LogP contribution in [0.3, 0.4) is 0 Å². The summed E-state index contributed by atoms with van der Waals surface area (Å²) in [5.41, 5.74) is 3.92. The van der Waals surface area contributed by atoms with Crippen molar-refractivity contribution >= 4 is 21.6 Å². The van der Waals surface area contributed by atoms with Gasteiger partial charge in [0.2, 0.25) is 0 Å². The Morgan fingerprint density at radius 2 is 1.62 bits per heavy atom. The van der Waals surface area contributed by atoms with Crippen LogP contribution in [0.15, 0.2) is 78.9 Å². The second-order valence-electron chi connectivity index (χ2n) is 9.28. The van der Waals surface area contributed by atoms with E-state index in [1.165, 1.54) is 10.4 Å². The lowest BCUT2D eigenvalue weighted by atomic mass is 10.1. The second kappa shape index (κ2) is 11.9. The third kappa shape index (κ3) is 5.98. The molecule has 0 saturated carbocycles. The number of H-pyrrole nitrogens is 1. The van der Waals surface area contributed by atoms with E-state index in [-0.39, 0.29) is 25.3 Å². The zero-order chi connectivity index (χ0) is 28.1. The molecule has 0 atom stereocenters. The summed E-state index contributed by atoms with van der Waals surface area (Å²) in [6.07, 6.45) is 0.375. The fourth-order valence-electron chi connectivity index (χ4n) is 4.76. The molecule has 0 bridgehead atoms. The Morgan fingerprint density at radius 3 is 2.30 bits per heavy atom. The summed E-state index contributed by atoms with van der Waals surface area (Å²) in [4.78, 5) is 21.0. The Labute approximate surface area is 232 Å². The van der Waals surface area contributed by atoms with Crippen molar-refractivity contribution in [1.29, 1.82) is 0 Å². The lowest BCUT2D eigenvalue weighted by Gasteiger charge is -2.35. The molecule has 1 saturated heterocycles. The van der Waals surface area contributed by atoms with Crippen LogP contribution in [0.1, 0.15) is 5.69 Å². The summed E-state index contributed by atoms with van der Waals surface area (Å²) in [7, 11) is -2.14. The third-order valence-electron chi connectivity index (χ3n) is 6.85. The molecule has 0 unspecified atom stereocenters. The number of ether oxygens (including phenoxy) is 1. The molecule has 0 spiro atoms. The first kappa shape index (κ1) is 27.3. The monoisotopic (exact) mass is 562 g/mol. The summed E-state index contributed by atoms with van der Waals surface area (Å²) in [5.74, 6) is 1.44. The van der Waals surface area contributed by atoms with E-state index < -0.39 is 15.1 Å². The van der Waals surface area contributed by atoms with Crippen molar-refractivity contribution in [2.24, 2.45) is 0 Å². The number of nitro benzene ring substituents is 1. The van der Waals surface area contributed by atoms with Gasteiger partial charge in [0.15, 0.2) is 0 Å². The molecule has 3 aromatic carbocycles. The second-order valence-corrected chi connectivity index (χ2v) is 11.0. The van der Waals surface area contributed by atoms with Crippen LogP contribution in [0.4, 0.5) is 11.4 Å². The Hall–Kier alpha value is -4.26. The fraction of sp³-hybridized carbons (Fsp3) is 0.250. The first-order valence-corrected chi connectivity index (χ1v) is 14.3. The largest absolute Gasteiger partial charge is 0.497 e. The van der Waals surface area contributed by atoms with Gasteiger partial charge in [0.05, 0.1) is 23.4 Å². The molecular weight excluding hydrogens is 532 g/mol. The van der Waals surface area contributed by atoms with Gasteiger partial charge in [0.1, 0.15) is 17.3 Å². The summed E-state index contributed by atoms with van der Waals surface area (Å²) >= 11 is 0. The van der Waals surface area contributed by atoms with Gasteiger partial charge >= 0.3 is 0 Å². The highest BCUT2D eigenvalue weighted by Crippen LogP contribution is 2.29. The molecule has 2 N–H and O–H groups in total. The molecule has 11 nitrogen and oxygen atoms in total. The average molecular weight is 563 g/mol. The number of benzene rings is 3. The maximum Gasteiger partial charge on any atom is 0.292 e. The van der Waals surface area contributed by atoms with Gasteiger partial charge < -0.3 is 14.6 Å². The predicted octanol–water partition coefficient (Wildman–Crippen LogP) is 3.86. The molecule has 40 heavy (non-hydrogen) atoms. The first-order chi connectivity index (χ1) is 19.4. The fourth-order valence-corrected chi connectivity index (χ4v) is 5.95. The zero-order valence-electron chi connectivity index (χ0n) is 22.0. The van der Waals surface area contributed by atoms with Crippen LogP contribution in [0.2, 0.25) is 0 Å². The van der Waals surface area contributed by atoms with E-state index in [2.05, 4.69) is 9.71 Å². The normalized spacial score (nSPS) is 14.3. The molecule has 0 aliphatic carbocycles. The van der Waals surface area contributed by atoms with Crippen LogP contribution < -0.4 is 14.4 Å². The van der Waals surface area contributed by atoms with Gasteiger partial charge in [-0.25, -0.2) is 9.71 Å². The summed E-state index contributed by atoms with van der Waals surface area (Å²) in [6, 6.07) is 23.9. The van der Waals surface area contributed by atoms with Crippen molar-refractivity contribution in [3.8, 4) is 28.4 Å². The number of imidazole rings is 1. The molecule has 1 aromatic heterocycles. The lowest BCUT2D eigenvalue weighted by Crippen LogP contribution is -2.52. The van der Waals surface area contributed by atoms with Gasteiger partial charge in [0, 0.05) is 56.3 Å². The number of hydrogen-bond acceptors (Lipinski definition) is 7. The van der Waals surface area contributed by atoms with Crippen LogP contribution >= 0.6 is 0 Å². The molecule has 5 rings (SSSR count). The minimum absolute atomic E-state index is 0.0125. The maximum atomic E-state index is 13.1. The van der Waals surface area contributed by atoms with Gasteiger partial charge in [-0.2, -0.15) is 12.7 Å². The van der Waals surface area contributed by atoms with E-state index in [9.17, 15) is 18.5 Å². The van der Waals surface area contributed by atoms with Crippen LogP contribution in [0, 0.1) is 10.1 Å². The highest BCUT2D eigenvalue weighted by molar-refractivity contribution is 7.87. The zero-order valence-corrected chi connectivity index (χ0v) is 22.8. The summed E-state index contributed by atoms with van der Waals surface area (Å²) in [5, 5.41) is 11.4. The van der Waals surface area contributed by atoms with E-state index >= 15 is 0 Å². The van der Waals surface area contributed by atoms with E-state index in [1.54, 1.807) is 25.3 Å². The molecule has 0 radical (unpaired) electrons. The number of aromatic nitrogens is 2. The van der Waals surface area contributed by atoms with E-state index in [0.29, 0.717) is 31.0 Å². The van der Waals surface area contributed by atoms with Crippen molar-refractivity contribution < 1.29 is 18.1 Å². The highest BCUT2D eigenvalue weighted by Gasteiger charge is 2.29. The number of hydrogen-bond donors (Lipinski definition) is 2. The Bertz CT molecular complexity index is 1570. The number of piperazine rings is 1. The predicted molar refractivity (Wildman–Crippen MR) is 154 cm³/mol. The number of anilines is 1. The Morgan fingerprint density at radius 1 is 0.950 bits per heavy atom. The van der Waals surface area contributed by atoms with Gasteiger partial charge in [-0.3, -0.25) is 10.1 Å². The summed E-state index contributed by atoms with van der Waals surface area (Å²) in [6.45, 7) is 1.31. The third-order valence-corrected chi connectivity index (χ3v) is 8.46. The number of para-hydroxylation sites is 2. The van der Waals surface area contributed by atoms with Gasteiger partial charge in [0.25, 0.3) is 15.9 Å². The first-order valence-electron chi connectivity index (χ1n) is 12.9. The van der Waals surface area contributed by atoms with Crippen LogP contribution in [-0.2, 0) is 16.6 Å². The molecule has 12 heteroatoms. The molecule has 1 aliphatic heterocycles. The van der Waals surface area contributed by atoms with Gasteiger partial charge in [-0.1, -0.05) is 42.5 Å². The van der Waals surface area contributed by atoms with Gasteiger partial charge in [-0.15, -0.1) is 0 Å². The Kier molecular flexibility index (Phi) is 8.10. The maximum absolute atomic E-state index is 13.1. The van der Waals surface area contributed by atoms with E-state index in [4.69, 9.17) is 9.72 Å². The molecule has 4 aromatic rings. The van der Waals surface area contributed by atoms with Crippen molar-refractivity contribution in [2.45, 2.75) is 6.42 Å². The van der Waals surface area contributed by atoms with Crippen LogP contribution in [0.25, 0.3) is 22.6 Å². The lowest BCUT2D eigenvalue weighted by molar-refractivity contribution is -0.384. The van der Waals surface area contributed by atoms with Crippen molar-refractivity contribution in [3.63, 3.8) is 0 Å². The van der Waals surface area contributed by atoms with E-state index in [1.807, 2.05) is 59.5 Å². The smallest absolute Gasteiger partial charge is 0.292 e. The number of rotatable bonds is 10. The Balaban J connectivity index is 1.26. The number of aromatic amines is 1. The summed E-state index contributed by atoms with van der Waals surface area (Å²) < 4.78 is 35.5. The topological polar surface area (TPSA) is 134 Å². The van der Waals surface area contributed by atoms with E-state index in [0.717, 1.165) is 28.3 Å². The minimum atomic E-state index is -3.75. The molecule has 208 valence electrons. The average Bonchev–Trinajstić information content (AvgIpc) is 3.42. The van der Waals surface area contributed by atoms with Crippen LogP contribution in [0.5, 0.6) is 5.75 Å². The number of nitrogens with zero attached hydrogens (tertiary/aromatic N) is 4. The molecule has 1 aliphatic rings. The quantitative estimate of drug-likeness (QED) is 0.221. The van der Waals surface area contributed by atoms with Crippen molar-refractivity contribution in [3.05, 3.63) is 94.7 Å². The molecule has 1 fully saturated rings. The number of methoxy groups -OCH3 is 1. The number of nitro groups is 1. The van der Waals surface area contributed by atoms with Crippen molar-refractivity contribution in [1.82, 2.24) is 19.0 Å². The van der Waals surface area contributed by atoms with Gasteiger partial charge in [-0.05, 0) is 30.3 Å². The number of nitrogens with one attached hydrogen (secondary N) is 2. The SMILES string of the molecule is COc1ccc(-c2[nH]c(-c3ccccc3)nc2CCNS(=O)(=O)N2CCN(c3ccccc3[N+](=O)[O-])CC2)cc1. The minimum Gasteiger partial charge on any atom is -0.497 e. The molecule has 2 heterocycles. The molecule has 0 amide bonds. The standard InChI is InChI=1S/C28H30N6O5S/c1-39-23-13-11-21(12-14-23)27-24(30-28(31-27)22-7-3-2-4-8-22)15-16-29-40(37,38)33-19-17-32(18-20-33)25-9-5-6-10-26(25)34(35)36/h2-14,29H,15-20H2,1H3,(H,30,31).